The second kappa shape index (κ2) is 9.51. The Morgan fingerprint density at radius 1 is 0.929 bits per heavy atom. The van der Waals surface area contributed by atoms with Crippen LogP contribution in [0.2, 0.25) is 13.1 Å². The molecule has 28 heavy (non-hydrogen) atoms. The summed E-state index contributed by atoms with van der Waals surface area (Å²) in [7, 11) is -0.542. The van der Waals surface area contributed by atoms with E-state index in [1.54, 1.807) is 4.81 Å². The molecule has 0 nitrogen and oxygen atoms in total. The summed E-state index contributed by atoms with van der Waals surface area (Å²) < 4.78 is 0. The molecular weight excluding hydrogens is 566 g/mol. The van der Waals surface area contributed by atoms with Crippen LogP contribution in [0.3, 0.4) is 0 Å². The van der Waals surface area contributed by atoms with Crippen molar-refractivity contribution < 1.29 is 50.7 Å². The summed E-state index contributed by atoms with van der Waals surface area (Å²) in [4.78, 5) is 1.54. The van der Waals surface area contributed by atoms with Gasteiger partial charge in [0.15, 0.2) is 0 Å². The van der Waals surface area contributed by atoms with Crippen LogP contribution in [0, 0.1) is 20.7 Å². The van der Waals surface area contributed by atoms with Gasteiger partial charge in [0.1, 0.15) is 0 Å². The van der Waals surface area contributed by atoms with E-state index in [1.807, 2.05) is 0 Å². The third kappa shape index (κ3) is 4.46. The molecule has 0 N–H and O–H groups in total. The third-order valence-corrected chi connectivity index (χ3v) is 6.77. The largest absolute Gasteiger partial charge is 1.00 e. The normalized spacial score (nSPS) is 13.6. The van der Waals surface area contributed by atoms with E-state index in [2.05, 4.69) is 88.5 Å². The minimum atomic E-state index is -0.542. The second-order valence-electron chi connectivity index (χ2n) is 8.36. The van der Waals surface area contributed by atoms with Gasteiger partial charge in [-0.25, -0.2) is 0 Å². The molecule has 0 saturated heterocycles. The van der Waals surface area contributed by atoms with E-state index in [4.69, 9.17) is 0 Å². The monoisotopic (exact) mass is 591 g/mol. The molecule has 2 aliphatic carbocycles. The molecule has 0 saturated carbocycles. The number of rotatable bonds is 1. The molecule has 4 rings (SSSR count). The molecule has 4 heteroatoms. The average molecular weight is 591 g/mol. The summed E-state index contributed by atoms with van der Waals surface area (Å²) in [5, 5.41) is 3.91. The quantitative estimate of drug-likeness (QED) is 0.261. The molecule has 2 aromatic carbocycles. The van der Waals surface area contributed by atoms with E-state index in [1.165, 1.54) is 37.9 Å². The van der Waals surface area contributed by atoms with Crippen molar-refractivity contribution >= 4 is 20.1 Å². The van der Waals surface area contributed by atoms with Crippen molar-refractivity contribution in [2.24, 2.45) is 5.41 Å². The fourth-order valence-corrected chi connectivity index (χ4v) is 5.09. The van der Waals surface area contributed by atoms with Crippen LogP contribution in [0.1, 0.15) is 38.3 Å². The van der Waals surface area contributed by atoms with Gasteiger partial charge in [-0.3, -0.25) is 0 Å². The molecule has 0 spiro atoms. The summed E-state index contributed by atoms with van der Waals surface area (Å²) in [6.45, 7) is 11.7. The van der Waals surface area contributed by atoms with E-state index < -0.39 is 8.41 Å². The first-order chi connectivity index (χ1) is 11.9. The van der Waals surface area contributed by atoms with Gasteiger partial charge < -0.3 is 24.8 Å². The Kier molecular flexibility index (Phi) is 8.66. The molecule has 0 aromatic heterocycles. The fraction of sp³-hybridized carbons (Fsp3) is 0.292. The molecule has 146 valence electrons. The first-order valence-corrected chi connectivity index (χ1v) is 11.6. The number of fused-ring (bicyclic) bond motifs is 2. The van der Waals surface area contributed by atoms with E-state index in [9.17, 15) is 0 Å². The van der Waals surface area contributed by atoms with E-state index >= 15 is 0 Å². The summed E-state index contributed by atoms with van der Waals surface area (Å²) in [6, 6.07) is 13.3. The maximum atomic E-state index is 3.72. The van der Waals surface area contributed by atoms with Crippen molar-refractivity contribution in [3.63, 3.8) is 0 Å². The maximum absolute atomic E-state index is 3.72. The Morgan fingerprint density at radius 3 is 2.21 bits per heavy atom. The molecule has 2 aliphatic rings. The second-order valence-corrected chi connectivity index (χ2v) is 10.9. The van der Waals surface area contributed by atoms with Gasteiger partial charge in [0, 0.05) is 34.3 Å². The fourth-order valence-electron chi connectivity index (χ4n) is 3.89. The summed E-state index contributed by atoms with van der Waals surface area (Å²) in [5.74, 6) is 0. The van der Waals surface area contributed by atoms with Crippen molar-refractivity contribution in [3.05, 3.63) is 85.7 Å². The molecule has 0 heterocycles. The summed E-state index contributed by atoms with van der Waals surface area (Å²) >= 11 is 0. The molecule has 0 fully saturated rings. The zero-order valence-electron chi connectivity index (χ0n) is 17.1. The zero-order chi connectivity index (χ0) is 17.8. The summed E-state index contributed by atoms with van der Waals surface area (Å²) in [5.41, 5.74) is 5.93. The Bertz CT molecular complexity index is 1160. The van der Waals surface area contributed by atoms with E-state index in [0.29, 0.717) is 0 Å². The van der Waals surface area contributed by atoms with Gasteiger partial charge in [-0.05, 0) is 17.4 Å². The van der Waals surface area contributed by atoms with E-state index in [-0.39, 0.29) is 56.1 Å². The Balaban J connectivity index is 0.00000131. The number of benzene rings is 2. The van der Waals surface area contributed by atoms with Crippen LogP contribution in [0.15, 0.2) is 54.1 Å². The molecule has 2 aromatic rings. The number of halogens is 2. The van der Waals surface area contributed by atoms with Gasteiger partial charge >= 0.3 is 0 Å². The molecule has 0 aliphatic heterocycles. The van der Waals surface area contributed by atoms with E-state index in [0.717, 1.165) is 6.42 Å². The van der Waals surface area contributed by atoms with Gasteiger partial charge in [0.05, 0.1) is 0 Å². The predicted molar refractivity (Wildman–Crippen MR) is 109 cm³/mol. The van der Waals surface area contributed by atoms with Crippen LogP contribution in [0.5, 0.6) is 0 Å². The Hall–Kier alpha value is -0.543. The molecule has 0 amide bonds. The van der Waals surface area contributed by atoms with Crippen molar-refractivity contribution in [2.75, 3.05) is 0 Å². The van der Waals surface area contributed by atoms with Crippen LogP contribution in [-0.2, 0) is 25.8 Å². The minimum Gasteiger partial charge on any atom is -1.00 e. The third-order valence-electron chi connectivity index (χ3n) is 5.28. The topological polar surface area (TPSA) is 0 Å². The van der Waals surface area contributed by atoms with Crippen LogP contribution >= 0.6 is 0 Å². The summed E-state index contributed by atoms with van der Waals surface area (Å²) in [6.07, 6.45) is 9.62. The van der Waals surface area contributed by atoms with Gasteiger partial charge in [-0.2, -0.15) is 0 Å². The van der Waals surface area contributed by atoms with Gasteiger partial charge in [-0.15, -0.1) is 33.4 Å². The first-order valence-electron chi connectivity index (χ1n) is 9.12. The van der Waals surface area contributed by atoms with Crippen molar-refractivity contribution in [1.82, 2.24) is 0 Å². The van der Waals surface area contributed by atoms with Crippen molar-refractivity contribution in [2.45, 2.75) is 40.3 Å². The minimum absolute atomic E-state index is 0. The maximum Gasteiger partial charge on any atom is 0.00379 e. The van der Waals surface area contributed by atoms with Gasteiger partial charge in [0.25, 0.3) is 0 Å². The number of hydrogen-bond donors (Lipinski definition) is 0. The van der Waals surface area contributed by atoms with Crippen LogP contribution in [0.25, 0.3) is 11.6 Å². The number of hydrogen-bond acceptors (Lipinski definition) is 0. The van der Waals surface area contributed by atoms with Gasteiger partial charge in [0.2, 0.25) is 0 Å². The molecule has 0 radical (unpaired) electrons. The Labute approximate surface area is 201 Å². The van der Waals surface area contributed by atoms with Crippen molar-refractivity contribution in [3.8, 4) is 0 Å². The van der Waals surface area contributed by atoms with Gasteiger partial charge in [-0.1, -0.05) is 92.3 Å². The molecule has 0 atom stereocenters. The Morgan fingerprint density at radius 2 is 1.61 bits per heavy atom. The standard InChI is InChI=1S/C24H25Si.2ClH.Hf/c1-24(2,3)18-11-10-17(14-18)23-21-15-16-8-6-7-9-19(16)20(21)12-13-22(23)25(4)5;;;/h6-9,11-14H,10H2,1-5H3;2*1H;/q-1;;;/p-2. The van der Waals surface area contributed by atoms with Crippen LogP contribution in [0.4, 0.5) is 0 Å². The molecule has 0 bridgehead atoms. The smallest absolute Gasteiger partial charge is 0.00379 e. The SMILES string of the molecule is C[Si](C)=c1ccc2c(c1C1=CC(C(C)(C)C)=CC1)[C-]=c1ccccc1=2.[Cl-].[Cl-].[Hf]. The van der Waals surface area contributed by atoms with Crippen LogP contribution in [-0.4, -0.2) is 8.41 Å². The predicted octanol–water partition coefficient (Wildman–Crippen LogP) is -0.655. The van der Waals surface area contributed by atoms with Crippen LogP contribution < -0.4 is 30.0 Å². The van der Waals surface area contributed by atoms with Crippen molar-refractivity contribution in [1.29, 1.82) is 0 Å². The number of allylic oxidation sites excluding steroid dienone is 4. The first kappa shape index (κ1) is 25.5. The molecule has 0 unspecified atom stereocenters. The average Bonchev–Trinajstić information content (AvgIpc) is 3.18. The zero-order valence-corrected chi connectivity index (χ0v) is 23.2. The molecular formula is C24H25Cl2HfSi-3.